The van der Waals surface area contributed by atoms with Crippen LogP contribution in [0.2, 0.25) is 0 Å². The summed E-state index contributed by atoms with van der Waals surface area (Å²) in [7, 11) is 0. The quantitative estimate of drug-likeness (QED) is 0.845. The van der Waals surface area contributed by atoms with Crippen LogP contribution in [0.15, 0.2) is 0 Å². The first-order valence-electron chi connectivity index (χ1n) is 8.48. The van der Waals surface area contributed by atoms with E-state index in [4.69, 9.17) is 5.73 Å². The van der Waals surface area contributed by atoms with E-state index >= 15 is 0 Å². The van der Waals surface area contributed by atoms with E-state index in [9.17, 15) is 4.79 Å². The Labute approximate surface area is 147 Å². The van der Waals surface area contributed by atoms with E-state index in [2.05, 4.69) is 9.80 Å². The van der Waals surface area contributed by atoms with Crippen LogP contribution >= 0.6 is 24.8 Å². The molecule has 0 radical (unpaired) electrons. The zero-order valence-electron chi connectivity index (χ0n) is 13.4. The molecular weight excluding hydrogens is 321 g/mol. The Balaban J connectivity index is 0.00000121. The van der Waals surface area contributed by atoms with Gasteiger partial charge in [-0.1, -0.05) is 12.8 Å². The first kappa shape index (κ1) is 20.0. The van der Waals surface area contributed by atoms with Gasteiger partial charge < -0.3 is 10.6 Å². The van der Waals surface area contributed by atoms with E-state index in [0.717, 1.165) is 44.9 Å². The van der Waals surface area contributed by atoms with Gasteiger partial charge in [0.2, 0.25) is 5.91 Å². The Morgan fingerprint density at radius 1 is 0.955 bits per heavy atom. The third-order valence-electron chi connectivity index (χ3n) is 5.34. The molecule has 2 atom stereocenters. The Morgan fingerprint density at radius 2 is 1.59 bits per heavy atom. The number of halogens is 2. The van der Waals surface area contributed by atoms with E-state index in [0.29, 0.717) is 18.2 Å². The molecule has 0 bridgehead atoms. The van der Waals surface area contributed by atoms with Crippen molar-refractivity contribution in [2.24, 2.45) is 17.6 Å². The third-order valence-corrected chi connectivity index (χ3v) is 5.34. The van der Waals surface area contributed by atoms with Crippen LogP contribution in [0.3, 0.4) is 0 Å². The Kier molecular flexibility index (Phi) is 8.47. The lowest BCUT2D eigenvalue weighted by Gasteiger charge is -2.36. The molecule has 3 aliphatic rings. The fourth-order valence-electron chi connectivity index (χ4n) is 3.69. The average molecular weight is 352 g/mol. The molecular formula is C16H31Cl2N3O. The molecule has 1 saturated heterocycles. The molecule has 6 heteroatoms. The number of carbonyl (C=O) groups excluding carboxylic acids is 1. The first-order chi connectivity index (χ1) is 9.72. The van der Waals surface area contributed by atoms with E-state index in [-0.39, 0.29) is 30.9 Å². The van der Waals surface area contributed by atoms with Crippen molar-refractivity contribution in [2.45, 2.75) is 51.0 Å². The number of hydrogen-bond donors (Lipinski definition) is 1. The Morgan fingerprint density at radius 3 is 2.18 bits per heavy atom. The molecule has 3 fully saturated rings. The molecule has 0 aromatic heterocycles. The fourth-order valence-corrected chi connectivity index (χ4v) is 3.69. The molecule has 0 spiro atoms. The highest BCUT2D eigenvalue weighted by Crippen LogP contribution is 2.30. The minimum Gasteiger partial charge on any atom is -0.340 e. The lowest BCUT2D eigenvalue weighted by atomic mass is 9.82. The predicted molar refractivity (Wildman–Crippen MR) is 94.8 cm³/mol. The highest BCUT2D eigenvalue weighted by Gasteiger charge is 2.30. The van der Waals surface area contributed by atoms with Crippen molar-refractivity contribution >= 4 is 30.7 Å². The minimum absolute atomic E-state index is 0. The fraction of sp³-hybridized carbons (Fsp3) is 0.938. The number of rotatable bonds is 4. The van der Waals surface area contributed by atoms with Crippen LogP contribution in [0.4, 0.5) is 0 Å². The van der Waals surface area contributed by atoms with Gasteiger partial charge in [-0.25, -0.2) is 0 Å². The minimum atomic E-state index is 0. The predicted octanol–water partition coefficient (Wildman–Crippen LogP) is 2.29. The van der Waals surface area contributed by atoms with Crippen LogP contribution in [0.5, 0.6) is 0 Å². The molecule has 2 aliphatic carbocycles. The van der Waals surface area contributed by atoms with E-state index in [1.165, 1.54) is 32.2 Å². The maximum Gasteiger partial charge on any atom is 0.222 e. The number of amides is 1. The van der Waals surface area contributed by atoms with Crippen LogP contribution in [0.1, 0.15) is 44.9 Å². The maximum absolute atomic E-state index is 12.4. The van der Waals surface area contributed by atoms with Gasteiger partial charge in [0, 0.05) is 45.2 Å². The zero-order chi connectivity index (χ0) is 13.9. The Hall–Kier alpha value is -0.0300. The lowest BCUT2D eigenvalue weighted by molar-refractivity contribution is -0.134. The monoisotopic (exact) mass is 351 g/mol. The number of hydrogen-bond acceptors (Lipinski definition) is 3. The van der Waals surface area contributed by atoms with Gasteiger partial charge in [-0.3, -0.25) is 9.69 Å². The van der Waals surface area contributed by atoms with Crippen LogP contribution in [-0.2, 0) is 4.79 Å². The topological polar surface area (TPSA) is 49.6 Å². The smallest absolute Gasteiger partial charge is 0.222 e. The summed E-state index contributed by atoms with van der Waals surface area (Å²) in [4.78, 5) is 17.0. The second kappa shape index (κ2) is 9.31. The number of nitrogens with two attached hydrogens (primary N) is 1. The molecule has 2 N–H and O–H groups in total. The Bertz CT molecular complexity index is 344. The van der Waals surface area contributed by atoms with E-state index in [1.54, 1.807) is 0 Å². The molecule has 2 unspecified atom stereocenters. The highest BCUT2D eigenvalue weighted by molar-refractivity contribution is 5.85. The van der Waals surface area contributed by atoms with Crippen molar-refractivity contribution in [1.29, 1.82) is 0 Å². The molecule has 0 aromatic carbocycles. The van der Waals surface area contributed by atoms with Gasteiger partial charge in [-0.15, -0.1) is 24.8 Å². The van der Waals surface area contributed by atoms with Gasteiger partial charge in [-0.05, 0) is 37.5 Å². The van der Waals surface area contributed by atoms with Crippen LogP contribution in [-0.4, -0.2) is 54.5 Å². The average Bonchev–Trinajstić information content (AvgIpc) is 3.26. The summed E-state index contributed by atoms with van der Waals surface area (Å²) in [5, 5.41) is 0. The van der Waals surface area contributed by atoms with Gasteiger partial charge in [0.05, 0.1) is 0 Å². The first-order valence-corrected chi connectivity index (χ1v) is 8.48. The van der Waals surface area contributed by atoms with E-state index in [1.807, 2.05) is 0 Å². The lowest BCUT2D eigenvalue weighted by Crippen LogP contribution is -2.50. The molecule has 1 amide bonds. The number of carbonyl (C=O) groups is 1. The summed E-state index contributed by atoms with van der Waals surface area (Å²) in [6.07, 6.45) is 8.26. The van der Waals surface area contributed by atoms with Crippen molar-refractivity contribution in [1.82, 2.24) is 9.80 Å². The summed E-state index contributed by atoms with van der Waals surface area (Å²) >= 11 is 0. The molecule has 0 aromatic rings. The molecule has 130 valence electrons. The molecule has 1 heterocycles. The van der Waals surface area contributed by atoms with Crippen LogP contribution in [0.25, 0.3) is 0 Å². The SMILES string of the molecule is Cl.Cl.NC1CCCCC1CC(=O)N1CCN(CC2CC2)CC1. The molecule has 4 nitrogen and oxygen atoms in total. The van der Waals surface area contributed by atoms with E-state index < -0.39 is 0 Å². The molecule has 22 heavy (non-hydrogen) atoms. The maximum atomic E-state index is 12.4. The third kappa shape index (κ3) is 5.55. The zero-order valence-corrected chi connectivity index (χ0v) is 15.0. The standard InChI is InChI=1S/C16H29N3O.2ClH/c17-15-4-2-1-3-14(15)11-16(20)19-9-7-18(8-10-19)12-13-5-6-13;;/h13-15H,1-12,17H2;2*1H. The second-order valence-corrected chi connectivity index (χ2v) is 7.04. The van der Waals surface area contributed by atoms with Gasteiger partial charge in [-0.2, -0.15) is 0 Å². The summed E-state index contributed by atoms with van der Waals surface area (Å²) in [6.45, 7) is 5.24. The summed E-state index contributed by atoms with van der Waals surface area (Å²) in [6, 6.07) is 0.254. The summed E-state index contributed by atoms with van der Waals surface area (Å²) < 4.78 is 0. The highest BCUT2D eigenvalue weighted by atomic mass is 35.5. The van der Waals surface area contributed by atoms with Crippen molar-refractivity contribution < 1.29 is 4.79 Å². The van der Waals surface area contributed by atoms with Crippen molar-refractivity contribution in [2.75, 3.05) is 32.7 Å². The largest absolute Gasteiger partial charge is 0.340 e. The van der Waals surface area contributed by atoms with Crippen LogP contribution in [0, 0.1) is 11.8 Å². The molecule has 3 rings (SSSR count). The van der Waals surface area contributed by atoms with Gasteiger partial charge >= 0.3 is 0 Å². The van der Waals surface area contributed by atoms with Crippen molar-refractivity contribution in [3.8, 4) is 0 Å². The number of piperazine rings is 1. The van der Waals surface area contributed by atoms with Crippen molar-refractivity contribution in [3.63, 3.8) is 0 Å². The van der Waals surface area contributed by atoms with Crippen molar-refractivity contribution in [3.05, 3.63) is 0 Å². The molecule has 2 saturated carbocycles. The van der Waals surface area contributed by atoms with Gasteiger partial charge in [0.25, 0.3) is 0 Å². The molecule has 1 aliphatic heterocycles. The van der Waals surface area contributed by atoms with Crippen LogP contribution < -0.4 is 5.73 Å². The van der Waals surface area contributed by atoms with Gasteiger partial charge in [0.15, 0.2) is 0 Å². The van der Waals surface area contributed by atoms with Gasteiger partial charge in [0.1, 0.15) is 0 Å². The normalized spacial score (nSPS) is 29.4. The number of nitrogens with zero attached hydrogens (tertiary/aromatic N) is 2. The summed E-state index contributed by atoms with van der Waals surface area (Å²) in [5.41, 5.74) is 6.16. The second-order valence-electron chi connectivity index (χ2n) is 7.04. The summed E-state index contributed by atoms with van der Waals surface area (Å²) in [5.74, 6) is 1.73.